The summed E-state index contributed by atoms with van der Waals surface area (Å²) in [6.07, 6.45) is 2.62. The Morgan fingerprint density at radius 2 is 1.37 bits per heavy atom. The number of halogens is 1. The van der Waals surface area contributed by atoms with Gasteiger partial charge in [0.15, 0.2) is 5.82 Å². The minimum absolute atomic E-state index is 0.120. The van der Waals surface area contributed by atoms with Gasteiger partial charge in [0.25, 0.3) is 0 Å². The van der Waals surface area contributed by atoms with Crippen LogP contribution in [0, 0.1) is 20.8 Å². The van der Waals surface area contributed by atoms with E-state index in [1.807, 2.05) is 35.8 Å². The van der Waals surface area contributed by atoms with Crippen molar-refractivity contribution in [1.82, 2.24) is 25.4 Å². The number of hydrogen-bond acceptors (Lipinski definition) is 13. The molecule has 1 aromatic carbocycles. The topological polar surface area (TPSA) is 149 Å². The number of aromatic nitrogens is 3. The number of nitrogens with one attached hydrogen (secondary N) is 2. The number of amides is 1. The van der Waals surface area contributed by atoms with E-state index in [2.05, 4.69) is 34.7 Å². The van der Waals surface area contributed by atoms with Gasteiger partial charge < -0.3 is 43.8 Å². The summed E-state index contributed by atoms with van der Waals surface area (Å²) in [5, 5.41) is 16.8. The molecule has 1 atom stereocenters. The van der Waals surface area contributed by atoms with Crippen molar-refractivity contribution in [2.45, 2.75) is 52.2 Å². The summed E-state index contributed by atoms with van der Waals surface area (Å²) < 4.78 is 41.2. The van der Waals surface area contributed by atoms with Crippen molar-refractivity contribution in [1.29, 1.82) is 0 Å². The normalized spacial score (nSPS) is 15.9. The highest BCUT2D eigenvalue weighted by Crippen LogP contribution is 2.39. The number of aryl methyl sites for hydroxylation is 2. The minimum atomic E-state index is -0.524. The quantitative estimate of drug-likeness (QED) is 0.119. The van der Waals surface area contributed by atoms with E-state index in [0.717, 1.165) is 59.2 Å². The van der Waals surface area contributed by atoms with Gasteiger partial charge >= 0.3 is 0 Å². The van der Waals surface area contributed by atoms with Crippen molar-refractivity contribution >= 4 is 34.6 Å². The number of thiophene rings is 1. The number of ether oxygens (including phenoxy) is 7. The van der Waals surface area contributed by atoms with E-state index in [0.29, 0.717) is 109 Å². The molecule has 5 rings (SSSR count). The van der Waals surface area contributed by atoms with Crippen LogP contribution in [0.25, 0.3) is 5.00 Å². The fourth-order valence-corrected chi connectivity index (χ4v) is 7.42. The lowest BCUT2D eigenvalue weighted by molar-refractivity contribution is -0.121. The van der Waals surface area contributed by atoms with Crippen molar-refractivity contribution in [3.63, 3.8) is 0 Å². The Bertz CT molecular complexity index is 1600. The third kappa shape index (κ3) is 13.1. The first-order valence-electron chi connectivity index (χ1n) is 18.8. The van der Waals surface area contributed by atoms with Crippen LogP contribution in [-0.2, 0) is 38.0 Å². The number of nitrogens with zero attached hydrogens (tertiary/aromatic N) is 4. The number of benzene rings is 1. The average Bonchev–Trinajstić information content (AvgIpc) is 3.65. The van der Waals surface area contributed by atoms with E-state index in [1.54, 1.807) is 11.3 Å². The summed E-state index contributed by atoms with van der Waals surface area (Å²) >= 11 is 7.89. The van der Waals surface area contributed by atoms with Crippen LogP contribution in [0.15, 0.2) is 29.3 Å². The number of hydrogen-bond donors (Lipinski definition) is 2. The average molecular weight is 791 g/mol. The van der Waals surface area contributed by atoms with Crippen LogP contribution in [0.1, 0.15) is 58.5 Å². The van der Waals surface area contributed by atoms with Crippen molar-refractivity contribution in [2.75, 3.05) is 106 Å². The van der Waals surface area contributed by atoms with E-state index in [1.165, 1.54) is 4.88 Å². The standard InChI is InChI=1S/C38H55ClN6O8S/c1-27-28(2)54-38-35(27)36(30-4-6-31(39)7-5-30)42-33(37-44-43-29(3)45(37)38)26-34(46)41-12-13-47-14-15-48-16-17-49-18-19-50-20-21-51-22-23-52-24-25-53-32-8-10-40-11-9-32/h4-7,32-33,40H,8-26H2,1-3H3,(H,41,46)/t33-/m0/s1. The maximum absolute atomic E-state index is 13.1. The molecule has 2 aliphatic rings. The predicted octanol–water partition coefficient (Wildman–Crippen LogP) is 4.17. The Morgan fingerprint density at radius 3 is 1.96 bits per heavy atom. The van der Waals surface area contributed by atoms with Crippen molar-refractivity contribution in [3.05, 3.63) is 62.5 Å². The Kier molecular flexibility index (Phi) is 18.2. The van der Waals surface area contributed by atoms with Crippen molar-refractivity contribution < 1.29 is 38.0 Å². The smallest absolute Gasteiger partial charge is 0.222 e. The number of aliphatic imine (C=N–C) groups is 1. The monoisotopic (exact) mass is 790 g/mol. The number of piperidine rings is 1. The molecule has 16 heteroatoms. The van der Waals surface area contributed by atoms with E-state index in [4.69, 9.17) is 49.8 Å². The molecule has 2 aromatic heterocycles. The van der Waals surface area contributed by atoms with Crippen LogP contribution in [0.4, 0.5) is 0 Å². The van der Waals surface area contributed by atoms with E-state index < -0.39 is 6.04 Å². The molecule has 2 N–H and O–H groups in total. The highest BCUT2D eigenvalue weighted by atomic mass is 35.5. The molecule has 4 heterocycles. The van der Waals surface area contributed by atoms with E-state index >= 15 is 0 Å². The lowest BCUT2D eigenvalue weighted by Gasteiger charge is -2.22. The molecule has 54 heavy (non-hydrogen) atoms. The first kappa shape index (κ1) is 42.3. The SMILES string of the molecule is Cc1sc2c(c1C)C(c1ccc(Cl)cc1)=N[C@@H](CC(=O)NCCOCCOCCOCCOCCOCCOCCOC1CCNCC1)c1nnc(C)n1-2. The first-order valence-corrected chi connectivity index (χ1v) is 20.0. The molecule has 0 spiro atoms. The molecule has 0 saturated carbocycles. The van der Waals surface area contributed by atoms with Crippen molar-refractivity contribution in [2.24, 2.45) is 4.99 Å². The molecule has 0 radical (unpaired) electrons. The Balaban J connectivity index is 0.876. The van der Waals surface area contributed by atoms with E-state index in [-0.39, 0.29) is 12.3 Å². The second-order valence-corrected chi connectivity index (χ2v) is 14.6. The predicted molar refractivity (Wildman–Crippen MR) is 208 cm³/mol. The molecule has 1 amide bonds. The van der Waals surface area contributed by atoms with Crippen LogP contribution in [0.5, 0.6) is 0 Å². The van der Waals surface area contributed by atoms with Gasteiger partial charge in [-0.1, -0.05) is 23.7 Å². The first-order chi connectivity index (χ1) is 26.4. The zero-order valence-electron chi connectivity index (χ0n) is 31.7. The van der Waals surface area contributed by atoms with Gasteiger partial charge in [-0.3, -0.25) is 14.4 Å². The molecular formula is C38H55ClN6O8S. The summed E-state index contributed by atoms with van der Waals surface area (Å²) in [6, 6.07) is 7.11. The molecular weight excluding hydrogens is 736 g/mol. The molecule has 0 bridgehead atoms. The Hall–Kier alpha value is -2.83. The molecule has 298 valence electrons. The van der Waals surface area contributed by atoms with Crippen LogP contribution in [0.2, 0.25) is 5.02 Å². The second-order valence-electron chi connectivity index (χ2n) is 13.0. The fraction of sp³-hybridized carbons (Fsp3) is 0.632. The molecule has 14 nitrogen and oxygen atoms in total. The lowest BCUT2D eigenvalue weighted by atomic mass is 9.99. The largest absolute Gasteiger partial charge is 0.377 e. The van der Waals surface area contributed by atoms with Crippen LogP contribution in [-0.4, -0.2) is 138 Å². The van der Waals surface area contributed by atoms with Crippen LogP contribution >= 0.6 is 22.9 Å². The number of carbonyl (C=O) groups is 1. The van der Waals surface area contributed by atoms with Crippen LogP contribution in [0.3, 0.4) is 0 Å². The Morgan fingerprint density at radius 1 is 0.815 bits per heavy atom. The Labute approximate surface area is 327 Å². The second kappa shape index (κ2) is 23.3. The fourth-order valence-electron chi connectivity index (χ4n) is 6.08. The van der Waals surface area contributed by atoms with Crippen LogP contribution < -0.4 is 10.6 Å². The molecule has 1 saturated heterocycles. The van der Waals surface area contributed by atoms with Gasteiger partial charge in [-0.15, -0.1) is 21.5 Å². The number of carbonyl (C=O) groups excluding carboxylic acids is 1. The van der Waals surface area contributed by atoms with Gasteiger partial charge in [0, 0.05) is 27.6 Å². The van der Waals surface area contributed by atoms with Gasteiger partial charge in [0.1, 0.15) is 16.9 Å². The zero-order chi connectivity index (χ0) is 38.0. The minimum Gasteiger partial charge on any atom is -0.377 e. The molecule has 2 aliphatic heterocycles. The molecule has 3 aromatic rings. The molecule has 0 aliphatic carbocycles. The zero-order valence-corrected chi connectivity index (χ0v) is 33.3. The van der Waals surface area contributed by atoms with Gasteiger partial charge in [-0.05, 0) is 64.4 Å². The van der Waals surface area contributed by atoms with Gasteiger partial charge in [0.05, 0.1) is 104 Å². The van der Waals surface area contributed by atoms with Gasteiger partial charge in [-0.25, -0.2) is 0 Å². The number of rotatable bonds is 25. The number of fused-ring (bicyclic) bond motifs is 3. The maximum Gasteiger partial charge on any atom is 0.222 e. The third-order valence-electron chi connectivity index (χ3n) is 9.03. The molecule has 0 unspecified atom stereocenters. The van der Waals surface area contributed by atoms with Gasteiger partial charge in [-0.2, -0.15) is 0 Å². The van der Waals surface area contributed by atoms with Crippen molar-refractivity contribution in [3.8, 4) is 5.00 Å². The summed E-state index contributed by atoms with van der Waals surface area (Å²) in [5.41, 5.74) is 3.92. The summed E-state index contributed by atoms with van der Waals surface area (Å²) in [7, 11) is 0. The summed E-state index contributed by atoms with van der Waals surface area (Å²) in [6.45, 7) is 15.0. The summed E-state index contributed by atoms with van der Waals surface area (Å²) in [4.78, 5) is 19.5. The lowest BCUT2D eigenvalue weighted by Crippen LogP contribution is -2.33. The summed E-state index contributed by atoms with van der Waals surface area (Å²) in [5.74, 6) is 1.25. The maximum atomic E-state index is 13.1. The molecule has 1 fully saturated rings. The van der Waals surface area contributed by atoms with Gasteiger partial charge in [0.2, 0.25) is 5.91 Å². The van der Waals surface area contributed by atoms with E-state index in [9.17, 15) is 4.79 Å². The highest BCUT2D eigenvalue weighted by Gasteiger charge is 2.32. The highest BCUT2D eigenvalue weighted by molar-refractivity contribution is 7.15. The third-order valence-corrected chi connectivity index (χ3v) is 10.5.